The molecule has 1 aromatic heterocycles. The number of rotatable bonds is 5. The lowest BCUT2D eigenvalue weighted by atomic mass is 9.74. The van der Waals surface area contributed by atoms with E-state index in [0.29, 0.717) is 23.6 Å². The minimum absolute atomic E-state index is 0.137. The molecule has 1 N–H and O–H groups in total. The Bertz CT molecular complexity index is 1380. The third-order valence-corrected chi connectivity index (χ3v) is 8.40. The van der Waals surface area contributed by atoms with Crippen LogP contribution in [0.5, 0.6) is 5.75 Å². The number of benzene rings is 2. The van der Waals surface area contributed by atoms with E-state index in [2.05, 4.69) is 15.2 Å². The van der Waals surface area contributed by atoms with Crippen LogP contribution >= 0.6 is 11.6 Å². The molecule has 2 aromatic carbocycles. The summed E-state index contributed by atoms with van der Waals surface area (Å²) in [5.41, 5.74) is 2.55. The summed E-state index contributed by atoms with van der Waals surface area (Å²) in [6, 6.07) is 11.0. The number of hydrogen-bond acceptors (Lipinski definition) is 6. The van der Waals surface area contributed by atoms with Crippen LogP contribution < -0.4 is 19.9 Å². The van der Waals surface area contributed by atoms with Gasteiger partial charge in [-0.1, -0.05) is 17.7 Å². The van der Waals surface area contributed by atoms with E-state index in [1.807, 2.05) is 36.4 Å². The van der Waals surface area contributed by atoms with Gasteiger partial charge in [-0.25, -0.2) is 9.69 Å². The Hall–Kier alpha value is -3.36. The molecule has 0 bridgehead atoms. The number of halogens is 1. The molecule has 3 heterocycles. The normalized spacial score (nSPS) is 24.0. The highest BCUT2D eigenvalue weighted by Crippen LogP contribution is 2.43. The molecule has 3 fully saturated rings. The van der Waals surface area contributed by atoms with Crippen LogP contribution in [0.4, 0.5) is 16.2 Å². The Kier molecular flexibility index (Phi) is 6.16. The number of carbonyl (C=O) groups is 2. The first kappa shape index (κ1) is 24.0. The molecule has 0 radical (unpaired) electrons. The van der Waals surface area contributed by atoms with Gasteiger partial charge >= 0.3 is 6.03 Å². The summed E-state index contributed by atoms with van der Waals surface area (Å²) in [4.78, 5) is 35.0. The van der Waals surface area contributed by atoms with Crippen molar-refractivity contribution in [3.8, 4) is 5.75 Å². The van der Waals surface area contributed by atoms with E-state index in [4.69, 9.17) is 21.1 Å². The summed E-state index contributed by atoms with van der Waals surface area (Å²) in [6.07, 6.45) is 5.71. The summed E-state index contributed by atoms with van der Waals surface area (Å²) in [7, 11) is 3.35. The second-order valence-corrected chi connectivity index (χ2v) is 10.5. The predicted molar refractivity (Wildman–Crippen MR) is 143 cm³/mol. The van der Waals surface area contributed by atoms with Crippen molar-refractivity contribution >= 4 is 45.7 Å². The number of aromatic nitrogens is 1. The van der Waals surface area contributed by atoms with Crippen LogP contribution in [0.1, 0.15) is 30.7 Å². The zero-order valence-corrected chi connectivity index (χ0v) is 21.6. The molecular formula is C28H29ClN4O4. The van der Waals surface area contributed by atoms with E-state index in [1.54, 1.807) is 26.6 Å². The smallest absolute Gasteiger partial charge is 0.329 e. The van der Waals surface area contributed by atoms with Crippen molar-refractivity contribution in [2.75, 3.05) is 37.1 Å². The van der Waals surface area contributed by atoms with E-state index >= 15 is 0 Å². The van der Waals surface area contributed by atoms with Gasteiger partial charge in [0.1, 0.15) is 5.75 Å². The van der Waals surface area contributed by atoms with Crippen molar-refractivity contribution in [3.63, 3.8) is 0 Å². The molecule has 0 spiro atoms. The molecule has 9 heteroatoms. The lowest BCUT2D eigenvalue weighted by Crippen LogP contribution is -2.61. The molecule has 6 rings (SSSR count). The van der Waals surface area contributed by atoms with Gasteiger partial charge in [0.25, 0.3) is 0 Å². The molecule has 8 nitrogen and oxygen atoms in total. The number of carbonyl (C=O) groups excluding carboxylic acids is 2. The van der Waals surface area contributed by atoms with Crippen LogP contribution in [0.15, 0.2) is 48.8 Å². The highest BCUT2D eigenvalue weighted by Gasteiger charge is 2.45. The third-order valence-electron chi connectivity index (χ3n) is 8.05. The minimum Gasteiger partial charge on any atom is -0.497 e. The standard InChI is InChI=1S/C28H29ClN4O4/c1-36-19-6-8-24(29)22(11-19)16-4-7-21-25(9-16)31-28(35)33(27(21)34)26-13-30-12-17-3-5-18(10-23(17)26)32-14-20(15-32)37-2/h3,5-6,8,10-13,16,20-21,25H,4,7,9,14-15H2,1-2H3,(H,31,35). The molecule has 37 heavy (non-hydrogen) atoms. The lowest BCUT2D eigenvalue weighted by Gasteiger charge is -2.43. The highest BCUT2D eigenvalue weighted by molar-refractivity contribution is 6.31. The number of nitrogens with one attached hydrogen (secondary N) is 1. The molecule has 3 amide bonds. The van der Waals surface area contributed by atoms with Gasteiger partial charge < -0.3 is 19.7 Å². The zero-order valence-electron chi connectivity index (χ0n) is 20.8. The van der Waals surface area contributed by atoms with Crippen LogP contribution in [0.2, 0.25) is 5.02 Å². The molecule has 3 atom stereocenters. The first-order valence-electron chi connectivity index (χ1n) is 12.6. The molecular weight excluding hydrogens is 492 g/mol. The van der Waals surface area contributed by atoms with Gasteiger partial charge in [0, 0.05) is 53.9 Å². The Labute approximate surface area is 220 Å². The fourth-order valence-electron chi connectivity index (χ4n) is 5.90. The van der Waals surface area contributed by atoms with Crippen LogP contribution in [-0.2, 0) is 9.53 Å². The van der Waals surface area contributed by atoms with Crippen LogP contribution in [0.25, 0.3) is 10.8 Å². The molecule has 3 aliphatic rings. The van der Waals surface area contributed by atoms with Gasteiger partial charge in [-0.05, 0) is 61.1 Å². The van der Waals surface area contributed by atoms with Gasteiger partial charge in [0.2, 0.25) is 5.91 Å². The Morgan fingerprint density at radius 3 is 2.68 bits per heavy atom. The van der Waals surface area contributed by atoms with Gasteiger partial charge in [0.05, 0.1) is 31.0 Å². The first-order valence-corrected chi connectivity index (χ1v) is 13.0. The van der Waals surface area contributed by atoms with Gasteiger partial charge in [0.15, 0.2) is 0 Å². The number of ether oxygens (including phenoxy) is 2. The largest absolute Gasteiger partial charge is 0.497 e. The monoisotopic (exact) mass is 520 g/mol. The molecule has 1 saturated carbocycles. The number of pyridine rings is 1. The molecule has 1 aliphatic carbocycles. The average Bonchev–Trinajstić information content (AvgIpc) is 2.88. The van der Waals surface area contributed by atoms with Crippen molar-refractivity contribution in [2.24, 2.45) is 5.92 Å². The number of nitrogens with zero attached hydrogens (tertiary/aromatic N) is 3. The summed E-state index contributed by atoms with van der Waals surface area (Å²) < 4.78 is 10.8. The number of urea groups is 1. The van der Waals surface area contributed by atoms with E-state index < -0.39 is 6.03 Å². The molecule has 2 saturated heterocycles. The predicted octanol–water partition coefficient (Wildman–Crippen LogP) is 4.74. The number of imide groups is 1. The van der Waals surface area contributed by atoms with Crippen LogP contribution in [0.3, 0.4) is 0 Å². The topological polar surface area (TPSA) is 84.0 Å². The van der Waals surface area contributed by atoms with E-state index in [1.165, 1.54) is 4.90 Å². The quantitative estimate of drug-likeness (QED) is 0.523. The van der Waals surface area contributed by atoms with Gasteiger partial charge in [-0.2, -0.15) is 0 Å². The van der Waals surface area contributed by atoms with Crippen molar-refractivity contribution in [1.29, 1.82) is 0 Å². The molecule has 2 aliphatic heterocycles. The van der Waals surface area contributed by atoms with Gasteiger partial charge in [-0.3, -0.25) is 9.78 Å². The summed E-state index contributed by atoms with van der Waals surface area (Å²) in [5.74, 6) is 0.412. The minimum atomic E-state index is -0.410. The summed E-state index contributed by atoms with van der Waals surface area (Å²) >= 11 is 6.51. The fraction of sp³-hybridized carbons (Fsp3) is 0.393. The summed E-state index contributed by atoms with van der Waals surface area (Å²) in [6.45, 7) is 1.63. The Balaban J connectivity index is 1.27. The SMILES string of the molecule is COc1ccc(Cl)c(C2CCC3C(=O)N(c4cncc5ccc(N6CC(OC)C6)cc45)C(=O)NC3C2)c1. The second-order valence-electron chi connectivity index (χ2n) is 10.1. The fourth-order valence-corrected chi connectivity index (χ4v) is 6.17. The number of hydrogen-bond donors (Lipinski definition) is 1. The van der Waals surface area contributed by atoms with Crippen molar-refractivity contribution in [2.45, 2.75) is 37.3 Å². The maximum Gasteiger partial charge on any atom is 0.329 e. The van der Waals surface area contributed by atoms with E-state index in [9.17, 15) is 9.59 Å². The molecule has 3 unspecified atom stereocenters. The Morgan fingerprint density at radius 2 is 1.89 bits per heavy atom. The molecule has 3 aromatic rings. The number of amides is 3. The molecule has 192 valence electrons. The van der Waals surface area contributed by atoms with Crippen LogP contribution in [0, 0.1) is 5.92 Å². The highest BCUT2D eigenvalue weighted by atomic mass is 35.5. The number of fused-ring (bicyclic) bond motifs is 2. The van der Waals surface area contributed by atoms with Crippen molar-refractivity contribution in [1.82, 2.24) is 10.3 Å². The first-order chi connectivity index (χ1) is 18.0. The maximum absolute atomic E-state index is 13.8. The number of methoxy groups -OCH3 is 2. The number of anilines is 2. The maximum atomic E-state index is 13.8. The zero-order chi connectivity index (χ0) is 25.7. The van der Waals surface area contributed by atoms with Crippen molar-refractivity contribution < 1.29 is 19.1 Å². The second kappa shape index (κ2) is 9.50. The van der Waals surface area contributed by atoms with Gasteiger partial charge in [-0.15, -0.1) is 0 Å². The third kappa shape index (κ3) is 4.18. The lowest BCUT2D eigenvalue weighted by molar-refractivity contribution is -0.124. The van der Waals surface area contributed by atoms with Crippen LogP contribution in [-0.4, -0.2) is 56.4 Å². The van der Waals surface area contributed by atoms with E-state index in [0.717, 1.165) is 47.3 Å². The average molecular weight is 521 g/mol. The Morgan fingerprint density at radius 1 is 1.05 bits per heavy atom. The summed E-state index contributed by atoms with van der Waals surface area (Å²) in [5, 5.41) is 5.50. The van der Waals surface area contributed by atoms with Crippen molar-refractivity contribution in [3.05, 3.63) is 59.4 Å². The van der Waals surface area contributed by atoms with E-state index in [-0.39, 0.29) is 29.9 Å².